The van der Waals surface area contributed by atoms with Crippen LogP contribution in [0.3, 0.4) is 0 Å². The summed E-state index contributed by atoms with van der Waals surface area (Å²) in [7, 11) is 6.00. The van der Waals surface area contributed by atoms with Crippen LogP contribution in [0.25, 0.3) is 0 Å². The lowest BCUT2D eigenvalue weighted by Gasteiger charge is -1.90. The van der Waals surface area contributed by atoms with Gasteiger partial charge in [0.2, 0.25) is 5.24 Å². The average Bonchev–Trinajstić information content (AvgIpc) is 1.97. The van der Waals surface area contributed by atoms with Crippen LogP contribution >= 0.6 is 11.6 Å². The second-order valence-electron chi connectivity index (χ2n) is 3.11. The first-order valence-electron chi connectivity index (χ1n) is 4.23. The fraction of sp³-hybridized carbons (Fsp3) is 0.778. The fourth-order valence-corrected chi connectivity index (χ4v) is 0.625. The smallest absolute Gasteiger partial charge is 0.221 e. The zero-order chi connectivity index (χ0) is 10.7. The Morgan fingerprint density at radius 3 is 2.08 bits per heavy atom. The molecule has 0 radical (unpaired) electrons. The lowest BCUT2D eigenvalue weighted by Crippen LogP contribution is -1.99. The number of rotatable bonds is 5. The standard InChI is InChI=1S/C6H9ClO2.C3H9N/c7-6(9)4-2-1-3-5-8;1-4(2)3/h5H,1-4H2;1-3H3. The molecule has 3 nitrogen and oxygen atoms in total. The first kappa shape index (κ1) is 15.1. The van der Waals surface area contributed by atoms with Gasteiger partial charge in [-0.25, -0.2) is 0 Å². The Kier molecular flexibility index (Phi) is 13.4. The van der Waals surface area contributed by atoms with Gasteiger partial charge in [-0.15, -0.1) is 0 Å². The van der Waals surface area contributed by atoms with Crippen molar-refractivity contribution in [1.82, 2.24) is 4.90 Å². The summed E-state index contributed by atoms with van der Waals surface area (Å²) in [6.07, 6.45) is 3.25. The highest BCUT2D eigenvalue weighted by molar-refractivity contribution is 6.63. The molecule has 0 spiro atoms. The van der Waals surface area contributed by atoms with Crippen molar-refractivity contribution in [3.05, 3.63) is 0 Å². The van der Waals surface area contributed by atoms with Gasteiger partial charge in [0.15, 0.2) is 0 Å². The van der Waals surface area contributed by atoms with E-state index < -0.39 is 0 Å². The third-order valence-electron chi connectivity index (χ3n) is 0.945. The molecule has 0 aliphatic rings. The SMILES string of the molecule is CN(C)C.O=CCCCCC(=O)Cl. The van der Waals surface area contributed by atoms with E-state index in [0.29, 0.717) is 12.8 Å². The molecule has 0 amide bonds. The van der Waals surface area contributed by atoms with Crippen molar-refractivity contribution in [2.75, 3.05) is 21.1 Å². The maximum absolute atomic E-state index is 10.1. The van der Waals surface area contributed by atoms with Crippen LogP contribution in [-0.4, -0.2) is 37.6 Å². The predicted molar refractivity (Wildman–Crippen MR) is 55.0 cm³/mol. The van der Waals surface area contributed by atoms with Gasteiger partial charge in [-0.2, -0.15) is 0 Å². The van der Waals surface area contributed by atoms with E-state index in [1.54, 1.807) is 0 Å². The Bertz CT molecular complexity index is 135. The normalized spacial score (nSPS) is 9.00. The monoisotopic (exact) mass is 207 g/mol. The fourth-order valence-electron chi connectivity index (χ4n) is 0.492. The van der Waals surface area contributed by atoms with Crippen molar-refractivity contribution in [2.24, 2.45) is 0 Å². The summed E-state index contributed by atoms with van der Waals surface area (Å²) in [5.41, 5.74) is 0. The summed E-state index contributed by atoms with van der Waals surface area (Å²) in [6.45, 7) is 0. The summed E-state index contributed by atoms with van der Waals surface area (Å²) in [4.78, 5) is 21.8. The van der Waals surface area contributed by atoms with Crippen molar-refractivity contribution in [1.29, 1.82) is 0 Å². The van der Waals surface area contributed by atoms with Crippen LogP contribution < -0.4 is 0 Å². The highest BCUT2D eigenvalue weighted by Gasteiger charge is 1.93. The van der Waals surface area contributed by atoms with Crippen LogP contribution in [0.2, 0.25) is 0 Å². The Morgan fingerprint density at radius 1 is 1.31 bits per heavy atom. The Hall–Kier alpha value is -0.410. The molecule has 0 aliphatic heterocycles. The molecule has 0 bridgehead atoms. The van der Waals surface area contributed by atoms with E-state index in [2.05, 4.69) is 0 Å². The molecular weight excluding hydrogens is 190 g/mol. The first-order valence-corrected chi connectivity index (χ1v) is 4.61. The summed E-state index contributed by atoms with van der Waals surface area (Å²) < 4.78 is 0. The Morgan fingerprint density at radius 2 is 1.77 bits per heavy atom. The average molecular weight is 208 g/mol. The topological polar surface area (TPSA) is 37.4 Å². The summed E-state index contributed by atoms with van der Waals surface area (Å²) in [6, 6.07) is 0. The molecule has 4 heteroatoms. The largest absolute Gasteiger partial charge is 0.312 e. The zero-order valence-corrected chi connectivity index (χ0v) is 9.30. The van der Waals surface area contributed by atoms with Crippen molar-refractivity contribution < 1.29 is 9.59 Å². The number of unbranched alkanes of at least 4 members (excludes halogenated alkanes) is 2. The predicted octanol–water partition coefficient (Wildman–Crippen LogP) is 1.69. The van der Waals surface area contributed by atoms with E-state index in [-0.39, 0.29) is 5.24 Å². The Balaban J connectivity index is 0. The summed E-state index contributed by atoms with van der Waals surface area (Å²) >= 11 is 5.03. The van der Waals surface area contributed by atoms with Gasteiger partial charge in [0.1, 0.15) is 6.29 Å². The van der Waals surface area contributed by atoms with Crippen molar-refractivity contribution in [3.8, 4) is 0 Å². The molecule has 0 saturated heterocycles. The Labute approximate surface area is 85.1 Å². The minimum absolute atomic E-state index is 0.319. The van der Waals surface area contributed by atoms with Crippen LogP contribution in [0, 0.1) is 0 Å². The molecule has 0 atom stereocenters. The maximum atomic E-state index is 10.1. The third-order valence-corrected chi connectivity index (χ3v) is 1.13. The quantitative estimate of drug-likeness (QED) is 0.391. The minimum Gasteiger partial charge on any atom is -0.312 e. The van der Waals surface area contributed by atoms with Gasteiger partial charge in [0, 0.05) is 12.8 Å². The molecule has 0 aromatic carbocycles. The van der Waals surface area contributed by atoms with Gasteiger partial charge in [-0.3, -0.25) is 4.79 Å². The molecular formula is C9H18ClNO2. The summed E-state index contributed by atoms with van der Waals surface area (Å²) in [5.74, 6) is 0. The van der Waals surface area contributed by atoms with E-state index in [1.165, 1.54) is 0 Å². The molecule has 0 aromatic heterocycles. The molecule has 0 saturated carbocycles. The molecule has 0 aromatic rings. The molecule has 0 rings (SSSR count). The number of carbonyl (C=O) groups is 2. The number of nitrogens with zero attached hydrogens (tertiary/aromatic N) is 1. The number of hydrogen-bond acceptors (Lipinski definition) is 3. The molecule has 0 heterocycles. The number of aldehydes is 1. The highest BCUT2D eigenvalue weighted by Crippen LogP contribution is 2.00. The zero-order valence-electron chi connectivity index (χ0n) is 8.55. The van der Waals surface area contributed by atoms with Crippen LogP contribution in [0.4, 0.5) is 0 Å². The minimum atomic E-state index is -0.319. The molecule has 78 valence electrons. The van der Waals surface area contributed by atoms with Crippen LogP contribution in [-0.2, 0) is 9.59 Å². The van der Waals surface area contributed by atoms with E-state index in [4.69, 9.17) is 11.6 Å². The van der Waals surface area contributed by atoms with E-state index >= 15 is 0 Å². The van der Waals surface area contributed by atoms with Crippen LogP contribution in [0.15, 0.2) is 0 Å². The lowest BCUT2D eigenvalue weighted by molar-refractivity contribution is -0.112. The third kappa shape index (κ3) is 34.1. The van der Waals surface area contributed by atoms with Gasteiger partial charge in [0.25, 0.3) is 0 Å². The highest BCUT2D eigenvalue weighted by atomic mass is 35.5. The number of hydrogen-bond donors (Lipinski definition) is 0. The lowest BCUT2D eigenvalue weighted by atomic mass is 10.2. The second-order valence-corrected chi connectivity index (χ2v) is 3.53. The molecule has 13 heavy (non-hydrogen) atoms. The van der Waals surface area contributed by atoms with Crippen LogP contribution in [0.5, 0.6) is 0 Å². The van der Waals surface area contributed by atoms with Crippen molar-refractivity contribution >= 4 is 23.1 Å². The first-order chi connectivity index (χ1) is 6.00. The van der Waals surface area contributed by atoms with Crippen molar-refractivity contribution in [3.63, 3.8) is 0 Å². The molecule has 0 aliphatic carbocycles. The maximum Gasteiger partial charge on any atom is 0.221 e. The van der Waals surface area contributed by atoms with Crippen LogP contribution in [0.1, 0.15) is 25.7 Å². The van der Waals surface area contributed by atoms with Gasteiger partial charge in [-0.05, 0) is 45.6 Å². The van der Waals surface area contributed by atoms with Gasteiger partial charge < -0.3 is 9.69 Å². The van der Waals surface area contributed by atoms with Gasteiger partial charge >= 0.3 is 0 Å². The van der Waals surface area contributed by atoms with E-state index in [0.717, 1.165) is 19.1 Å². The van der Waals surface area contributed by atoms with Gasteiger partial charge in [0.05, 0.1) is 0 Å². The van der Waals surface area contributed by atoms with E-state index in [1.807, 2.05) is 26.0 Å². The molecule has 0 unspecified atom stereocenters. The number of halogens is 1. The molecule has 0 fully saturated rings. The summed E-state index contributed by atoms with van der Waals surface area (Å²) in [5, 5.41) is -0.319. The van der Waals surface area contributed by atoms with Crippen molar-refractivity contribution in [2.45, 2.75) is 25.7 Å². The van der Waals surface area contributed by atoms with E-state index in [9.17, 15) is 9.59 Å². The second kappa shape index (κ2) is 11.6. The number of carbonyl (C=O) groups excluding carboxylic acids is 2. The van der Waals surface area contributed by atoms with Gasteiger partial charge in [-0.1, -0.05) is 0 Å². The molecule has 0 N–H and O–H groups in total.